The van der Waals surface area contributed by atoms with Gasteiger partial charge in [-0.3, -0.25) is 9.30 Å². The summed E-state index contributed by atoms with van der Waals surface area (Å²) in [5, 5.41) is 0. The summed E-state index contributed by atoms with van der Waals surface area (Å²) >= 11 is 0. The SMILES string of the molecule is CN(CCN(CCCN1CCOCC1)C(=O)Oc1c(Cc2ccco2)nc2c(Cc3ccccc3)nc(-c3ccccc3)cn12)c1ccccc1. The molecule has 0 atom stereocenters. The maximum absolute atomic E-state index is 14.3. The van der Waals surface area contributed by atoms with Crippen LogP contribution in [0.25, 0.3) is 16.9 Å². The first kappa shape index (κ1) is 34.0. The molecule has 6 aromatic rings. The second-order valence-corrected chi connectivity index (χ2v) is 12.8. The normalized spacial score (nSPS) is 13.4. The molecule has 3 aromatic heterocycles. The molecule has 51 heavy (non-hydrogen) atoms. The summed E-state index contributed by atoms with van der Waals surface area (Å²) in [5.74, 6) is 1.10. The van der Waals surface area contributed by atoms with Gasteiger partial charge in [-0.05, 0) is 36.2 Å². The first-order valence-corrected chi connectivity index (χ1v) is 17.7. The Balaban J connectivity index is 1.23. The van der Waals surface area contributed by atoms with Gasteiger partial charge >= 0.3 is 6.09 Å². The average molecular weight is 685 g/mol. The summed E-state index contributed by atoms with van der Waals surface area (Å²) in [6.45, 7) is 5.87. The highest BCUT2D eigenvalue weighted by Crippen LogP contribution is 2.30. The number of fused-ring (bicyclic) bond motifs is 1. The molecule has 1 aliphatic rings. The third-order valence-electron chi connectivity index (χ3n) is 9.26. The van der Waals surface area contributed by atoms with Crippen molar-refractivity contribution in [3.05, 3.63) is 138 Å². The number of para-hydroxylation sites is 1. The van der Waals surface area contributed by atoms with E-state index in [1.54, 1.807) is 6.26 Å². The molecule has 0 N–H and O–H groups in total. The number of amides is 1. The second kappa shape index (κ2) is 16.5. The summed E-state index contributed by atoms with van der Waals surface area (Å²) in [4.78, 5) is 30.9. The average Bonchev–Trinajstić information content (AvgIpc) is 3.82. The van der Waals surface area contributed by atoms with Crippen LogP contribution in [0.15, 0.2) is 120 Å². The van der Waals surface area contributed by atoms with Gasteiger partial charge in [-0.2, -0.15) is 0 Å². The lowest BCUT2D eigenvalue weighted by Gasteiger charge is -2.29. The Morgan fingerprint density at radius 2 is 1.53 bits per heavy atom. The van der Waals surface area contributed by atoms with Crippen molar-refractivity contribution < 1.29 is 18.7 Å². The summed E-state index contributed by atoms with van der Waals surface area (Å²) in [7, 11) is 2.05. The smallest absolute Gasteiger partial charge is 0.416 e. The van der Waals surface area contributed by atoms with Crippen LogP contribution in [0.4, 0.5) is 10.5 Å². The van der Waals surface area contributed by atoms with Gasteiger partial charge in [0.05, 0.1) is 37.3 Å². The van der Waals surface area contributed by atoms with Crippen molar-refractivity contribution >= 4 is 17.4 Å². The molecule has 0 unspecified atom stereocenters. The summed E-state index contributed by atoms with van der Waals surface area (Å²) in [5.41, 5.74) is 5.96. The molecule has 0 spiro atoms. The standard InChI is InChI=1S/C41H44N6O4/c1-44(34-17-9-4-10-18-34)22-23-46(21-12-20-45-24-27-49-28-25-45)41(48)51-40-37(30-35-19-11-26-50-35)43-39-36(29-32-13-5-2-6-14-32)42-38(31-47(39)40)33-15-7-3-8-16-33/h2-11,13-19,26,31H,12,20-25,27-30H2,1H3. The number of imidazole rings is 1. The highest BCUT2D eigenvalue weighted by atomic mass is 16.6. The molecule has 1 fully saturated rings. The van der Waals surface area contributed by atoms with E-state index in [0.717, 1.165) is 73.2 Å². The molecule has 0 bridgehead atoms. The Hall–Kier alpha value is -5.45. The van der Waals surface area contributed by atoms with Gasteiger partial charge in [0.1, 0.15) is 11.5 Å². The summed E-state index contributed by atoms with van der Waals surface area (Å²) < 4.78 is 19.6. The second-order valence-electron chi connectivity index (χ2n) is 12.8. The quantitative estimate of drug-likeness (QED) is 0.123. The van der Waals surface area contributed by atoms with Crippen molar-refractivity contribution in [2.24, 2.45) is 0 Å². The lowest BCUT2D eigenvalue weighted by Crippen LogP contribution is -2.42. The van der Waals surface area contributed by atoms with Gasteiger partial charge in [0.2, 0.25) is 5.88 Å². The maximum Gasteiger partial charge on any atom is 0.416 e. The Morgan fingerprint density at radius 1 is 0.804 bits per heavy atom. The van der Waals surface area contributed by atoms with Gasteiger partial charge in [0.15, 0.2) is 5.65 Å². The number of aromatic nitrogens is 3. The van der Waals surface area contributed by atoms with Crippen LogP contribution in [-0.4, -0.2) is 89.8 Å². The Labute approximate surface area is 298 Å². The highest BCUT2D eigenvalue weighted by molar-refractivity contribution is 5.72. The molecule has 7 rings (SSSR count). The molecule has 10 heteroatoms. The van der Waals surface area contributed by atoms with Gasteiger partial charge in [0, 0.05) is 70.2 Å². The first-order chi connectivity index (χ1) is 25.1. The molecular formula is C41H44N6O4. The molecular weight excluding hydrogens is 640 g/mol. The summed E-state index contributed by atoms with van der Waals surface area (Å²) in [6.07, 6.45) is 4.90. The van der Waals surface area contributed by atoms with Crippen LogP contribution in [0.5, 0.6) is 5.88 Å². The third-order valence-corrected chi connectivity index (χ3v) is 9.26. The molecule has 262 valence electrons. The van der Waals surface area contributed by atoms with Crippen molar-refractivity contribution in [2.45, 2.75) is 19.3 Å². The lowest BCUT2D eigenvalue weighted by atomic mass is 10.1. The van der Waals surface area contributed by atoms with E-state index in [1.165, 1.54) is 0 Å². The molecule has 1 amide bonds. The minimum atomic E-state index is -0.413. The van der Waals surface area contributed by atoms with E-state index < -0.39 is 6.09 Å². The van der Waals surface area contributed by atoms with Crippen LogP contribution in [0.3, 0.4) is 0 Å². The number of hydrogen-bond donors (Lipinski definition) is 0. The van der Waals surface area contributed by atoms with E-state index >= 15 is 0 Å². The van der Waals surface area contributed by atoms with Gasteiger partial charge in [0.25, 0.3) is 0 Å². The number of morpholine rings is 1. The van der Waals surface area contributed by atoms with Crippen LogP contribution in [0.2, 0.25) is 0 Å². The van der Waals surface area contributed by atoms with E-state index in [-0.39, 0.29) is 0 Å². The molecule has 0 radical (unpaired) electrons. The Morgan fingerprint density at radius 3 is 2.25 bits per heavy atom. The zero-order chi connectivity index (χ0) is 34.8. The minimum absolute atomic E-state index is 0.358. The van der Waals surface area contributed by atoms with E-state index in [9.17, 15) is 4.79 Å². The molecule has 0 aliphatic carbocycles. The fourth-order valence-corrected chi connectivity index (χ4v) is 6.43. The van der Waals surface area contributed by atoms with Gasteiger partial charge < -0.3 is 23.7 Å². The number of furan rings is 1. The van der Waals surface area contributed by atoms with Gasteiger partial charge in [-0.25, -0.2) is 14.8 Å². The molecule has 0 saturated carbocycles. The lowest BCUT2D eigenvalue weighted by molar-refractivity contribution is 0.0362. The van der Waals surface area contributed by atoms with Crippen molar-refractivity contribution in [2.75, 3.05) is 64.4 Å². The number of hydrogen-bond acceptors (Lipinski definition) is 8. The van der Waals surface area contributed by atoms with Crippen LogP contribution in [-0.2, 0) is 17.6 Å². The minimum Gasteiger partial charge on any atom is -0.469 e. The van der Waals surface area contributed by atoms with Crippen molar-refractivity contribution in [1.29, 1.82) is 0 Å². The number of carbonyl (C=O) groups is 1. The fraction of sp³-hybridized carbons (Fsp3) is 0.293. The monoisotopic (exact) mass is 684 g/mol. The number of anilines is 1. The molecule has 1 saturated heterocycles. The molecule has 3 aromatic carbocycles. The van der Waals surface area contributed by atoms with E-state index in [1.807, 2.05) is 101 Å². The van der Waals surface area contributed by atoms with Crippen LogP contribution < -0.4 is 9.64 Å². The number of rotatable bonds is 14. The number of nitrogens with zero attached hydrogens (tertiary/aromatic N) is 6. The van der Waals surface area contributed by atoms with Crippen LogP contribution in [0, 0.1) is 0 Å². The molecule has 10 nitrogen and oxygen atoms in total. The Kier molecular flexibility index (Phi) is 11.0. The maximum atomic E-state index is 14.3. The van der Waals surface area contributed by atoms with Crippen molar-refractivity contribution in [1.82, 2.24) is 24.2 Å². The van der Waals surface area contributed by atoms with Crippen LogP contribution in [0.1, 0.15) is 29.1 Å². The van der Waals surface area contributed by atoms with Gasteiger partial charge in [-0.15, -0.1) is 0 Å². The topological polar surface area (TPSA) is 88.6 Å². The zero-order valence-electron chi connectivity index (χ0n) is 29.1. The predicted molar refractivity (Wildman–Crippen MR) is 198 cm³/mol. The fourth-order valence-electron chi connectivity index (χ4n) is 6.43. The van der Waals surface area contributed by atoms with E-state index in [2.05, 4.69) is 34.1 Å². The highest BCUT2D eigenvalue weighted by Gasteiger charge is 2.25. The van der Waals surface area contributed by atoms with E-state index in [0.29, 0.717) is 49.7 Å². The Bertz CT molecular complexity index is 1980. The number of benzene rings is 3. The van der Waals surface area contributed by atoms with Gasteiger partial charge in [-0.1, -0.05) is 78.9 Å². The number of likely N-dealkylation sites (N-methyl/N-ethyl adjacent to an activating group) is 1. The number of carbonyl (C=O) groups excluding carboxylic acids is 1. The molecule has 1 aliphatic heterocycles. The first-order valence-electron chi connectivity index (χ1n) is 17.7. The zero-order valence-corrected chi connectivity index (χ0v) is 29.1. The van der Waals surface area contributed by atoms with Crippen molar-refractivity contribution in [3.8, 4) is 17.1 Å². The number of ether oxygens (including phenoxy) is 2. The summed E-state index contributed by atoms with van der Waals surface area (Å²) in [6, 6.07) is 34.2. The molecule has 4 heterocycles. The van der Waals surface area contributed by atoms with Crippen LogP contribution >= 0.6 is 0 Å². The van der Waals surface area contributed by atoms with Crippen molar-refractivity contribution in [3.63, 3.8) is 0 Å². The third kappa shape index (κ3) is 8.65. The van der Waals surface area contributed by atoms with E-state index in [4.69, 9.17) is 23.9 Å². The predicted octanol–water partition coefficient (Wildman–Crippen LogP) is 6.83. The largest absolute Gasteiger partial charge is 0.469 e.